The SMILES string of the molecule is Cc1cc(S(=O)(=O)Nc2ccccc2C(=O)NC(C)CO)ccc1F. The topological polar surface area (TPSA) is 95.5 Å². The molecule has 2 rings (SSSR count). The molecule has 0 spiro atoms. The van der Waals surface area contributed by atoms with Crippen LogP contribution < -0.4 is 10.0 Å². The number of aryl methyl sites for hydroxylation is 1. The van der Waals surface area contributed by atoms with Gasteiger partial charge in [-0.15, -0.1) is 0 Å². The fourth-order valence-corrected chi connectivity index (χ4v) is 3.27. The van der Waals surface area contributed by atoms with Gasteiger partial charge in [0.05, 0.1) is 22.8 Å². The summed E-state index contributed by atoms with van der Waals surface area (Å²) in [6.07, 6.45) is 0. The molecule has 8 heteroatoms. The minimum atomic E-state index is -3.99. The molecule has 2 aromatic carbocycles. The Labute approximate surface area is 145 Å². The van der Waals surface area contributed by atoms with E-state index in [9.17, 15) is 17.6 Å². The van der Waals surface area contributed by atoms with E-state index >= 15 is 0 Å². The van der Waals surface area contributed by atoms with Gasteiger partial charge in [0.15, 0.2) is 0 Å². The normalized spacial score (nSPS) is 12.5. The predicted octanol–water partition coefficient (Wildman–Crippen LogP) is 2.05. The number of carbonyl (C=O) groups excluding carboxylic acids is 1. The third kappa shape index (κ3) is 4.55. The second kappa shape index (κ2) is 7.62. The summed E-state index contributed by atoms with van der Waals surface area (Å²) in [7, 11) is -3.99. The molecule has 0 aliphatic carbocycles. The van der Waals surface area contributed by atoms with Gasteiger partial charge < -0.3 is 10.4 Å². The van der Waals surface area contributed by atoms with Gasteiger partial charge in [0.25, 0.3) is 15.9 Å². The third-order valence-corrected chi connectivity index (χ3v) is 4.87. The second-order valence-corrected chi connectivity index (χ2v) is 7.30. The van der Waals surface area contributed by atoms with Crippen molar-refractivity contribution in [2.24, 2.45) is 0 Å². The average Bonchev–Trinajstić information content (AvgIpc) is 2.57. The fourth-order valence-electron chi connectivity index (χ4n) is 2.11. The van der Waals surface area contributed by atoms with Gasteiger partial charge in [0.1, 0.15) is 5.82 Å². The van der Waals surface area contributed by atoms with Crippen LogP contribution in [0.1, 0.15) is 22.8 Å². The van der Waals surface area contributed by atoms with Crippen molar-refractivity contribution in [3.8, 4) is 0 Å². The number of anilines is 1. The molecule has 0 bridgehead atoms. The number of aliphatic hydroxyl groups excluding tert-OH is 1. The highest BCUT2D eigenvalue weighted by atomic mass is 32.2. The molecule has 134 valence electrons. The summed E-state index contributed by atoms with van der Waals surface area (Å²) in [6, 6.07) is 9.07. The van der Waals surface area contributed by atoms with Gasteiger partial charge >= 0.3 is 0 Å². The lowest BCUT2D eigenvalue weighted by Crippen LogP contribution is -2.35. The Bertz CT molecular complexity index is 884. The highest BCUT2D eigenvalue weighted by molar-refractivity contribution is 7.92. The molecule has 0 radical (unpaired) electrons. The zero-order chi connectivity index (χ0) is 18.6. The van der Waals surface area contributed by atoms with Crippen molar-refractivity contribution >= 4 is 21.6 Å². The molecule has 0 saturated carbocycles. The van der Waals surface area contributed by atoms with E-state index in [1.165, 1.54) is 25.1 Å². The molecule has 1 atom stereocenters. The van der Waals surface area contributed by atoms with Crippen LogP contribution in [0.25, 0.3) is 0 Å². The first-order valence-electron chi connectivity index (χ1n) is 7.54. The quantitative estimate of drug-likeness (QED) is 0.729. The Kier molecular flexibility index (Phi) is 5.76. The lowest BCUT2D eigenvalue weighted by Gasteiger charge is -2.15. The van der Waals surface area contributed by atoms with E-state index in [0.29, 0.717) is 0 Å². The standard InChI is InChI=1S/C17H19FN2O4S/c1-11-9-13(7-8-15(11)18)25(23,24)20-16-6-4-3-5-14(16)17(22)19-12(2)10-21/h3-9,12,20-21H,10H2,1-2H3,(H,19,22). The van der Waals surface area contributed by atoms with E-state index < -0.39 is 27.8 Å². The third-order valence-electron chi connectivity index (χ3n) is 3.51. The highest BCUT2D eigenvalue weighted by Crippen LogP contribution is 2.21. The fraction of sp³-hybridized carbons (Fsp3) is 0.235. The molecule has 25 heavy (non-hydrogen) atoms. The van der Waals surface area contributed by atoms with Crippen LogP contribution in [0.5, 0.6) is 0 Å². The van der Waals surface area contributed by atoms with E-state index in [2.05, 4.69) is 10.0 Å². The van der Waals surface area contributed by atoms with Gasteiger partial charge in [0.2, 0.25) is 0 Å². The van der Waals surface area contributed by atoms with E-state index in [1.807, 2.05) is 0 Å². The second-order valence-electron chi connectivity index (χ2n) is 5.62. The number of hydrogen-bond donors (Lipinski definition) is 3. The molecule has 0 fully saturated rings. The van der Waals surface area contributed by atoms with Crippen LogP contribution in [0.3, 0.4) is 0 Å². The summed E-state index contributed by atoms with van der Waals surface area (Å²) in [5.41, 5.74) is 0.406. The molecule has 1 amide bonds. The van der Waals surface area contributed by atoms with Crippen LogP contribution in [0.2, 0.25) is 0 Å². The summed E-state index contributed by atoms with van der Waals surface area (Å²) >= 11 is 0. The number of sulfonamides is 1. The maximum atomic E-state index is 13.4. The van der Waals surface area contributed by atoms with Gasteiger partial charge in [-0.2, -0.15) is 0 Å². The molecule has 1 unspecified atom stereocenters. The summed E-state index contributed by atoms with van der Waals surface area (Å²) in [5.74, 6) is -1.02. The first kappa shape index (κ1) is 18.9. The van der Waals surface area contributed by atoms with Gasteiger partial charge in [-0.05, 0) is 49.7 Å². The largest absolute Gasteiger partial charge is 0.394 e. The van der Waals surface area contributed by atoms with Crippen LogP contribution in [-0.2, 0) is 10.0 Å². The minimum absolute atomic E-state index is 0.0899. The van der Waals surface area contributed by atoms with Crippen LogP contribution >= 0.6 is 0 Å². The average molecular weight is 366 g/mol. The van der Waals surface area contributed by atoms with Crippen LogP contribution in [0.4, 0.5) is 10.1 Å². The summed E-state index contributed by atoms with van der Waals surface area (Å²) in [5, 5.41) is 11.6. The molecule has 6 nitrogen and oxygen atoms in total. The molecule has 0 aromatic heterocycles. The monoisotopic (exact) mass is 366 g/mol. The number of carbonyl (C=O) groups is 1. The Morgan fingerprint density at radius 3 is 2.56 bits per heavy atom. The molecule has 0 heterocycles. The van der Waals surface area contributed by atoms with Crippen molar-refractivity contribution in [1.82, 2.24) is 5.32 Å². The van der Waals surface area contributed by atoms with Crippen molar-refractivity contribution in [2.75, 3.05) is 11.3 Å². The van der Waals surface area contributed by atoms with Crippen LogP contribution in [0.15, 0.2) is 47.4 Å². The van der Waals surface area contributed by atoms with Gasteiger partial charge in [-0.25, -0.2) is 12.8 Å². The number of para-hydroxylation sites is 1. The Balaban J connectivity index is 2.33. The van der Waals surface area contributed by atoms with E-state index in [0.717, 1.165) is 12.1 Å². The molecule has 2 aromatic rings. The van der Waals surface area contributed by atoms with Crippen molar-refractivity contribution in [3.63, 3.8) is 0 Å². The Morgan fingerprint density at radius 2 is 1.92 bits per heavy atom. The molecule has 3 N–H and O–H groups in total. The molecular weight excluding hydrogens is 347 g/mol. The number of aliphatic hydroxyl groups is 1. The van der Waals surface area contributed by atoms with Crippen LogP contribution in [0, 0.1) is 12.7 Å². The molecule has 0 saturated heterocycles. The lowest BCUT2D eigenvalue weighted by atomic mass is 10.1. The first-order chi connectivity index (χ1) is 11.7. The first-order valence-corrected chi connectivity index (χ1v) is 9.02. The van der Waals surface area contributed by atoms with Crippen molar-refractivity contribution in [2.45, 2.75) is 24.8 Å². The number of amides is 1. The van der Waals surface area contributed by atoms with Crippen LogP contribution in [-0.4, -0.2) is 32.1 Å². The lowest BCUT2D eigenvalue weighted by molar-refractivity contribution is 0.0923. The Morgan fingerprint density at radius 1 is 1.24 bits per heavy atom. The molecular formula is C17H19FN2O4S. The zero-order valence-corrected chi connectivity index (χ0v) is 14.6. The maximum absolute atomic E-state index is 13.4. The van der Waals surface area contributed by atoms with Gasteiger partial charge in [-0.3, -0.25) is 9.52 Å². The minimum Gasteiger partial charge on any atom is -0.394 e. The number of benzene rings is 2. The zero-order valence-electron chi connectivity index (χ0n) is 13.8. The van der Waals surface area contributed by atoms with Crippen molar-refractivity contribution in [3.05, 3.63) is 59.4 Å². The van der Waals surface area contributed by atoms with E-state index in [4.69, 9.17) is 5.11 Å². The number of rotatable bonds is 6. The predicted molar refractivity (Wildman–Crippen MR) is 92.4 cm³/mol. The smallest absolute Gasteiger partial charge is 0.261 e. The summed E-state index contributed by atoms with van der Waals surface area (Å²) in [6.45, 7) is 2.84. The highest BCUT2D eigenvalue weighted by Gasteiger charge is 2.20. The van der Waals surface area contributed by atoms with E-state index in [1.54, 1.807) is 19.1 Å². The van der Waals surface area contributed by atoms with Gasteiger partial charge in [-0.1, -0.05) is 12.1 Å². The summed E-state index contributed by atoms with van der Waals surface area (Å²) < 4.78 is 40.7. The van der Waals surface area contributed by atoms with Crippen molar-refractivity contribution in [1.29, 1.82) is 0 Å². The Hall–Kier alpha value is -2.45. The number of hydrogen-bond acceptors (Lipinski definition) is 4. The summed E-state index contributed by atoms with van der Waals surface area (Å²) in [4.78, 5) is 12.1. The number of halogens is 1. The van der Waals surface area contributed by atoms with Crippen molar-refractivity contribution < 1.29 is 22.7 Å². The number of nitrogens with one attached hydrogen (secondary N) is 2. The van der Waals surface area contributed by atoms with E-state index in [-0.39, 0.29) is 28.3 Å². The molecule has 0 aliphatic rings. The van der Waals surface area contributed by atoms with Gasteiger partial charge in [0, 0.05) is 6.04 Å². The maximum Gasteiger partial charge on any atom is 0.261 e. The molecule has 0 aliphatic heterocycles.